The lowest BCUT2D eigenvalue weighted by atomic mass is 10.2. The summed E-state index contributed by atoms with van der Waals surface area (Å²) < 4.78 is 15.5. The third-order valence-corrected chi connectivity index (χ3v) is 2.95. The molecule has 0 saturated carbocycles. The van der Waals surface area contributed by atoms with E-state index in [1.54, 1.807) is 7.05 Å². The Bertz CT molecular complexity index is 707. The van der Waals surface area contributed by atoms with Crippen molar-refractivity contribution in [2.24, 2.45) is 7.05 Å². The molecule has 0 bridgehead atoms. The number of benzene rings is 1. The number of hydrogen-bond donors (Lipinski definition) is 2. The van der Waals surface area contributed by atoms with Gasteiger partial charge in [0.2, 0.25) is 5.91 Å². The molecule has 2 aromatic rings. The molecule has 112 valence electrons. The SMILES string of the molecule is Cn1cnn(CCCC(=O)Nc2ccc(F)cc2N)c1=O. The van der Waals surface area contributed by atoms with Crippen molar-refractivity contribution in [2.45, 2.75) is 19.4 Å². The van der Waals surface area contributed by atoms with Gasteiger partial charge in [-0.15, -0.1) is 0 Å². The highest BCUT2D eigenvalue weighted by atomic mass is 19.1. The van der Waals surface area contributed by atoms with E-state index in [1.807, 2.05) is 0 Å². The highest BCUT2D eigenvalue weighted by molar-refractivity contribution is 5.93. The van der Waals surface area contributed by atoms with Crippen molar-refractivity contribution >= 4 is 17.3 Å². The molecule has 7 nitrogen and oxygen atoms in total. The van der Waals surface area contributed by atoms with E-state index in [-0.39, 0.29) is 23.7 Å². The Balaban J connectivity index is 1.85. The van der Waals surface area contributed by atoms with E-state index in [0.717, 1.165) is 6.07 Å². The fourth-order valence-corrected chi connectivity index (χ4v) is 1.82. The smallest absolute Gasteiger partial charge is 0.345 e. The number of amides is 1. The van der Waals surface area contributed by atoms with E-state index in [2.05, 4.69) is 10.4 Å². The summed E-state index contributed by atoms with van der Waals surface area (Å²) in [6.45, 7) is 0.353. The van der Waals surface area contributed by atoms with Gasteiger partial charge in [0.1, 0.15) is 12.1 Å². The normalized spacial score (nSPS) is 10.6. The third-order valence-electron chi connectivity index (χ3n) is 2.95. The van der Waals surface area contributed by atoms with Crippen LogP contribution in [-0.2, 0) is 18.4 Å². The lowest BCUT2D eigenvalue weighted by Crippen LogP contribution is -2.23. The maximum atomic E-state index is 12.9. The summed E-state index contributed by atoms with van der Waals surface area (Å²) in [7, 11) is 1.61. The van der Waals surface area contributed by atoms with Gasteiger partial charge in [0.05, 0.1) is 11.4 Å². The number of carbonyl (C=O) groups excluding carboxylic acids is 1. The maximum absolute atomic E-state index is 12.9. The zero-order valence-electron chi connectivity index (χ0n) is 11.5. The Hall–Kier alpha value is -2.64. The van der Waals surface area contributed by atoms with Crippen LogP contribution in [0.2, 0.25) is 0 Å². The number of nitrogens with one attached hydrogen (secondary N) is 1. The number of nitrogens with zero attached hydrogens (tertiary/aromatic N) is 3. The Kier molecular flexibility index (Phi) is 4.36. The number of halogens is 1. The number of nitrogen functional groups attached to an aromatic ring is 1. The molecule has 0 atom stereocenters. The molecule has 1 aromatic carbocycles. The number of aryl methyl sites for hydroxylation is 2. The summed E-state index contributed by atoms with van der Waals surface area (Å²) in [6.07, 6.45) is 2.09. The van der Waals surface area contributed by atoms with Crippen LogP contribution in [0.4, 0.5) is 15.8 Å². The highest BCUT2D eigenvalue weighted by Crippen LogP contribution is 2.19. The van der Waals surface area contributed by atoms with Crippen LogP contribution in [-0.4, -0.2) is 20.3 Å². The molecule has 21 heavy (non-hydrogen) atoms. The van der Waals surface area contributed by atoms with Gasteiger partial charge in [0.15, 0.2) is 0 Å². The molecule has 0 spiro atoms. The largest absolute Gasteiger partial charge is 0.397 e. The zero-order chi connectivity index (χ0) is 15.4. The summed E-state index contributed by atoms with van der Waals surface area (Å²) in [6, 6.07) is 3.77. The van der Waals surface area contributed by atoms with E-state index < -0.39 is 5.82 Å². The molecule has 1 amide bonds. The Labute approximate surface area is 120 Å². The molecule has 8 heteroatoms. The van der Waals surface area contributed by atoms with E-state index in [4.69, 9.17) is 5.73 Å². The minimum Gasteiger partial charge on any atom is -0.397 e. The molecule has 0 saturated heterocycles. The Morgan fingerprint density at radius 2 is 2.24 bits per heavy atom. The number of hydrogen-bond acceptors (Lipinski definition) is 4. The number of rotatable bonds is 5. The topological polar surface area (TPSA) is 94.9 Å². The van der Waals surface area contributed by atoms with Crippen molar-refractivity contribution < 1.29 is 9.18 Å². The first-order chi connectivity index (χ1) is 9.97. The van der Waals surface area contributed by atoms with Crippen LogP contribution >= 0.6 is 0 Å². The van der Waals surface area contributed by atoms with Crippen molar-refractivity contribution in [2.75, 3.05) is 11.1 Å². The Morgan fingerprint density at radius 1 is 1.48 bits per heavy atom. The van der Waals surface area contributed by atoms with Gasteiger partial charge in [0.25, 0.3) is 0 Å². The van der Waals surface area contributed by atoms with Crippen LogP contribution < -0.4 is 16.7 Å². The number of nitrogens with two attached hydrogens (primary N) is 1. The summed E-state index contributed by atoms with van der Waals surface area (Å²) in [5, 5.41) is 6.49. The van der Waals surface area contributed by atoms with Crippen molar-refractivity contribution in [1.29, 1.82) is 0 Å². The molecule has 0 radical (unpaired) electrons. The van der Waals surface area contributed by atoms with Crippen molar-refractivity contribution in [1.82, 2.24) is 14.3 Å². The van der Waals surface area contributed by atoms with Gasteiger partial charge < -0.3 is 11.1 Å². The average molecular weight is 293 g/mol. The van der Waals surface area contributed by atoms with E-state index >= 15 is 0 Å². The van der Waals surface area contributed by atoms with Crippen LogP contribution in [0.25, 0.3) is 0 Å². The molecule has 1 aromatic heterocycles. The minimum absolute atomic E-state index is 0.171. The third kappa shape index (κ3) is 3.68. The number of carbonyl (C=O) groups is 1. The van der Waals surface area contributed by atoms with Crippen molar-refractivity contribution in [3.8, 4) is 0 Å². The van der Waals surface area contributed by atoms with E-state index in [1.165, 1.54) is 27.7 Å². The lowest BCUT2D eigenvalue weighted by Gasteiger charge is -2.08. The predicted molar refractivity (Wildman–Crippen MR) is 76.1 cm³/mol. The van der Waals surface area contributed by atoms with Gasteiger partial charge in [-0.05, 0) is 24.6 Å². The fourth-order valence-electron chi connectivity index (χ4n) is 1.82. The van der Waals surface area contributed by atoms with E-state index in [0.29, 0.717) is 18.7 Å². The van der Waals surface area contributed by atoms with Gasteiger partial charge in [-0.1, -0.05) is 0 Å². The van der Waals surface area contributed by atoms with E-state index in [9.17, 15) is 14.0 Å². The molecule has 0 aliphatic rings. The highest BCUT2D eigenvalue weighted by Gasteiger charge is 2.07. The number of aromatic nitrogens is 3. The minimum atomic E-state index is -0.458. The second-order valence-electron chi connectivity index (χ2n) is 4.63. The van der Waals surface area contributed by atoms with Gasteiger partial charge in [-0.3, -0.25) is 9.36 Å². The summed E-state index contributed by atoms with van der Waals surface area (Å²) in [5.41, 5.74) is 5.92. The predicted octanol–water partition coefficient (Wildman–Crippen LogP) is 0.722. The van der Waals surface area contributed by atoms with Gasteiger partial charge in [-0.2, -0.15) is 5.10 Å². The summed E-state index contributed by atoms with van der Waals surface area (Å²) in [4.78, 5) is 23.3. The number of anilines is 2. The van der Waals surface area contributed by atoms with Crippen LogP contribution in [0, 0.1) is 5.82 Å². The average Bonchev–Trinajstić information content (AvgIpc) is 2.74. The molecule has 0 fully saturated rings. The maximum Gasteiger partial charge on any atom is 0.345 e. The molecule has 0 aliphatic heterocycles. The van der Waals surface area contributed by atoms with Gasteiger partial charge in [-0.25, -0.2) is 13.9 Å². The molecule has 0 aliphatic carbocycles. The van der Waals surface area contributed by atoms with Gasteiger partial charge in [0, 0.05) is 20.0 Å². The quantitative estimate of drug-likeness (QED) is 0.794. The van der Waals surface area contributed by atoms with Crippen LogP contribution in [0.5, 0.6) is 0 Å². The lowest BCUT2D eigenvalue weighted by molar-refractivity contribution is -0.116. The van der Waals surface area contributed by atoms with Crippen LogP contribution in [0.3, 0.4) is 0 Å². The first kappa shape index (κ1) is 14.8. The molecule has 2 rings (SSSR count). The zero-order valence-corrected chi connectivity index (χ0v) is 11.5. The van der Waals surface area contributed by atoms with Crippen molar-refractivity contribution in [3.05, 3.63) is 40.8 Å². The molecular weight excluding hydrogens is 277 g/mol. The second kappa shape index (κ2) is 6.21. The summed E-state index contributed by atoms with van der Waals surface area (Å²) >= 11 is 0. The molecule has 1 heterocycles. The standard InChI is InChI=1S/C13H16FN5O2/c1-18-8-16-19(13(18)21)6-2-3-12(20)17-11-5-4-9(14)7-10(11)15/h4-5,7-8H,2-3,6,15H2,1H3,(H,17,20). The molecule has 3 N–H and O–H groups in total. The first-order valence-corrected chi connectivity index (χ1v) is 6.40. The fraction of sp³-hybridized carbons (Fsp3) is 0.308. The van der Waals surface area contributed by atoms with Gasteiger partial charge >= 0.3 is 5.69 Å². The monoisotopic (exact) mass is 293 g/mol. The first-order valence-electron chi connectivity index (χ1n) is 6.40. The second-order valence-corrected chi connectivity index (χ2v) is 4.63. The van der Waals surface area contributed by atoms with Crippen molar-refractivity contribution in [3.63, 3.8) is 0 Å². The molecular formula is C13H16FN5O2. The molecule has 0 unspecified atom stereocenters. The van der Waals surface area contributed by atoms with Crippen LogP contribution in [0.15, 0.2) is 29.3 Å². The van der Waals surface area contributed by atoms with Crippen LogP contribution in [0.1, 0.15) is 12.8 Å². The summed E-state index contributed by atoms with van der Waals surface area (Å²) in [5.74, 6) is -0.711. The Morgan fingerprint density at radius 3 is 2.86 bits per heavy atom.